The molecule has 23 heavy (non-hydrogen) atoms. The second-order valence-corrected chi connectivity index (χ2v) is 6.10. The third-order valence-corrected chi connectivity index (χ3v) is 4.36. The van der Waals surface area contributed by atoms with Crippen LogP contribution in [-0.2, 0) is 4.74 Å². The molecular formula is C17H26N4O2. The van der Waals surface area contributed by atoms with Gasteiger partial charge in [-0.25, -0.2) is 9.97 Å². The van der Waals surface area contributed by atoms with Crippen LogP contribution >= 0.6 is 0 Å². The van der Waals surface area contributed by atoms with Crippen LogP contribution in [0.15, 0.2) is 24.7 Å². The van der Waals surface area contributed by atoms with Gasteiger partial charge in [0.15, 0.2) is 0 Å². The van der Waals surface area contributed by atoms with Gasteiger partial charge < -0.3 is 14.8 Å². The van der Waals surface area contributed by atoms with Crippen LogP contribution < -0.4 is 10.1 Å². The predicted molar refractivity (Wildman–Crippen MR) is 89.5 cm³/mol. The van der Waals surface area contributed by atoms with E-state index >= 15 is 0 Å². The van der Waals surface area contributed by atoms with Gasteiger partial charge in [-0.15, -0.1) is 0 Å². The van der Waals surface area contributed by atoms with Crippen LogP contribution in [0.25, 0.3) is 0 Å². The smallest absolute Gasteiger partial charge is 0.218 e. The van der Waals surface area contributed by atoms with E-state index in [1.807, 2.05) is 19.3 Å². The highest BCUT2D eigenvalue weighted by Crippen LogP contribution is 2.19. The minimum absolute atomic E-state index is 0.361. The summed E-state index contributed by atoms with van der Waals surface area (Å²) in [6.45, 7) is 5.82. The van der Waals surface area contributed by atoms with E-state index in [9.17, 15) is 0 Å². The summed E-state index contributed by atoms with van der Waals surface area (Å²) in [5.74, 6) is 1.48. The first-order valence-electron chi connectivity index (χ1n) is 8.57. The van der Waals surface area contributed by atoms with Crippen LogP contribution in [0.1, 0.15) is 32.6 Å². The molecule has 0 amide bonds. The van der Waals surface area contributed by atoms with Crippen LogP contribution in [0.3, 0.4) is 0 Å². The molecule has 0 aromatic carbocycles. The summed E-state index contributed by atoms with van der Waals surface area (Å²) >= 11 is 0. The second kappa shape index (κ2) is 8.15. The third kappa shape index (κ3) is 4.82. The topological polar surface area (TPSA) is 59.5 Å². The first-order chi connectivity index (χ1) is 11.3. The van der Waals surface area contributed by atoms with E-state index in [4.69, 9.17) is 9.47 Å². The second-order valence-electron chi connectivity index (χ2n) is 6.10. The summed E-state index contributed by atoms with van der Waals surface area (Å²) < 4.78 is 11.1. The monoisotopic (exact) mass is 318 g/mol. The average Bonchev–Trinajstić information content (AvgIpc) is 2.58. The highest BCUT2D eigenvalue weighted by Gasteiger charge is 2.22. The lowest BCUT2D eigenvalue weighted by Crippen LogP contribution is -2.43. The van der Waals surface area contributed by atoms with Gasteiger partial charge in [0.2, 0.25) is 5.88 Å². The molecule has 3 heterocycles. The van der Waals surface area contributed by atoms with Gasteiger partial charge in [0.05, 0.1) is 12.9 Å². The molecule has 2 aliphatic heterocycles. The fraction of sp³-hybridized carbons (Fsp3) is 0.647. The maximum Gasteiger partial charge on any atom is 0.218 e. The molecule has 3 rings (SSSR count). The molecule has 0 aliphatic carbocycles. The molecular weight excluding hydrogens is 292 g/mol. The number of nitrogens with zero attached hydrogens (tertiary/aromatic N) is 3. The molecule has 126 valence electrons. The average molecular weight is 318 g/mol. The molecule has 0 spiro atoms. The number of aromatic nitrogens is 2. The minimum Gasteiger partial charge on any atom is -0.497 e. The van der Waals surface area contributed by atoms with E-state index in [1.165, 1.54) is 0 Å². The van der Waals surface area contributed by atoms with Crippen LogP contribution in [0.4, 0.5) is 5.82 Å². The fourth-order valence-corrected chi connectivity index (χ4v) is 3.12. The molecule has 2 aliphatic rings. The number of allylic oxidation sites excluding steroid dienone is 1. The zero-order chi connectivity index (χ0) is 15.9. The van der Waals surface area contributed by atoms with E-state index in [0.29, 0.717) is 24.6 Å². The summed E-state index contributed by atoms with van der Waals surface area (Å²) in [6, 6.07) is 2.33. The predicted octanol–water partition coefficient (Wildman–Crippen LogP) is 2.44. The van der Waals surface area contributed by atoms with Crippen molar-refractivity contribution in [1.29, 1.82) is 0 Å². The van der Waals surface area contributed by atoms with Gasteiger partial charge in [-0.1, -0.05) is 0 Å². The van der Waals surface area contributed by atoms with E-state index < -0.39 is 0 Å². The molecule has 0 radical (unpaired) electrons. The lowest BCUT2D eigenvalue weighted by atomic mass is 10.0. The number of hydrogen-bond donors (Lipinski definition) is 1. The lowest BCUT2D eigenvalue weighted by Gasteiger charge is -2.34. The van der Waals surface area contributed by atoms with Crippen molar-refractivity contribution in [2.24, 2.45) is 0 Å². The van der Waals surface area contributed by atoms with Gasteiger partial charge in [0.25, 0.3) is 0 Å². The molecule has 1 aromatic rings. The maximum absolute atomic E-state index is 5.67. The SMILES string of the molecule is CCOc1cc(NC2CCN(CC3CCC=CO3)CC2)ncn1. The summed E-state index contributed by atoms with van der Waals surface area (Å²) in [6.07, 6.45) is 10.4. The van der Waals surface area contributed by atoms with Crippen molar-refractivity contribution < 1.29 is 9.47 Å². The molecule has 1 saturated heterocycles. The van der Waals surface area contributed by atoms with Gasteiger partial charge in [-0.3, -0.25) is 4.90 Å². The van der Waals surface area contributed by atoms with Crippen molar-refractivity contribution in [3.63, 3.8) is 0 Å². The molecule has 1 aromatic heterocycles. The zero-order valence-electron chi connectivity index (χ0n) is 13.8. The number of anilines is 1. The van der Waals surface area contributed by atoms with Crippen molar-refractivity contribution in [3.8, 4) is 5.88 Å². The quantitative estimate of drug-likeness (QED) is 0.869. The normalized spacial score (nSPS) is 22.6. The Balaban J connectivity index is 1.43. The highest BCUT2D eigenvalue weighted by molar-refractivity contribution is 5.38. The lowest BCUT2D eigenvalue weighted by molar-refractivity contribution is 0.0699. The van der Waals surface area contributed by atoms with E-state index in [1.54, 1.807) is 6.33 Å². The highest BCUT2D eigenvalue weighted by atomic mass is 16.5. The Labute approximate surface area is 137 Å². The van der Waals surface area contributed by atoms with E-state index in [2.05, 4.69) is 26.3 Å². The largest absolute Gasteiger partial charge is 0.497 e. The molecule has 1 atom stereocenters. The van der Waals surface area contributed by atoms with Crippen molar-refractivity contribution in [3.05, 3.63) is 24.7 Å². The third-order valence-electron chi connectivity index (χ3n) is 4.36. The van der Waals surface area contributed by atoms with Crippen LogP contribution in [0, 0.1) is 0 Å². The van der Waals surface area contributed by atoms with Gasteiger partial charge in [-0.05, 0) is 38.7 Å². The number of hydrogen-bond acceptors (Lipinski definition) is 6. The summed E-state index contributed by atoms with van der Waals surface area (Å²) in [4.78, 5) is 10.9. The van der Waals surface area contributed by atoms with Crippen molar-refractivity contribution in [2.75, 3.05) is 31.6 Å². The first-order valence-corrected chi connectivity index (χ1v) is 8.57. The zero-order valence-corrected chi connectivity index (χ0v) is 13.8. The molecule has 1 unspecified atom stereocenters. The number of ether oxygens (including phenoxy) is 2. The fourth-order valence-electron chi connectivity index (χ4n) is 3.12. The van der Waals surface area contributed by atoms with E-state index in [-0.39, 0.29) is 0 Å². The van der Waals surface area contributed by atoms with Gasteiger partial charge in [-0.2, -0.15) is 0 Å². The molecule has 0 bridgehead atoms. The molecule has 6 heteroatoms. The van der Waals surface area contributed by atoms with Crippen LogP contribution in [0.5, 0.6) is 5.88 Å². The summed E-state index contributed by atoms with van der Waals surface area (Å²) in [5, 5.41) is 3.50. The number of rotatable bonds is 6. The first kappa shape index (κ1) is 16.1. The molecule has 1 fully saturated rings. The summed E-state index contributed by atoms with van der Waals surface area (Å²) in [5.41, 5.74) is 0. The maximum atomic E-state index is 5.67. The van der Waals surface area contributed by atoms with Gasteiger partial charge in [0.1, 0.15) is 18.2 Å². The van der Waals surface area contributed by atoms with Crippen molar-refractivity contribution >= 4 is 5.82 Å². The number of nitrogens with one attached hydrogen (secondary N) is 1. The Morgan fingerprint density at radius 2 is 2.17 bits per heavy atom. The Bertz CT molecular complexity index is 515. The Morgan fingerprint density at radius 3 is 2.91 bits per heavy atom. The van der Waals surface area contributed by atoms with Crippen molar-refractivity contribution in [2.45, 2.75) is 44.8 Å². The Morgan fingerprint density at radius 1 is 1.30 bits per heavy atom. The van der Waals surface area contributed by atoms with Crippen molar-refractivity contribution in [1.82, 2.24) is 14.9 Å². The minimum atomic E-state index is 0.361. The Hall–Kier alpha value is -1.82. The molecule has 0 saturated carbocycles. The molecule has 1 N–H and O–H groups in total. The van der Waals surface area contributed by atoms with Crippen LogP contribution in [-0.4, -0.2) is 53.3 Å². The van der Waals surface area contributed by atoms with E-state index in [0.717, 1.165) is 51.1 Å². The molecule has 6 nitrogen and oxygen atoms in total. The number of likely N-dealkylation sites (tertiary alicyclic amines) is 1. The standard InChI is InChI=1S/C17H26N4O2/c1-2-22-17-11-16(18-13-19-17)20-14-6-8-21(9-7-14)12-15-5-3-4-10-23-15/h4,10-11,13-15H,2-3,5-9,12H2,1H3,(H,18,19,20). The number of piperidine rings is 1. The Kier molecular flexibility index (Phi) is 5.69. The van der Waals surface area contributed by atoms with Crippen LogP contribution in [0.2, 0.25) is 0 Å². The van der Waals surface area contributed by atoms with Gasteiger partial charge in [0, 0.05) is 31.7 Å². The van der Waals surface area contributed by atoms with Gasteiger partial charge >= 0.3 is 0 Å². The summed E-state index contributed by atoms with van der Waals surface area (Å²) in [7, 11) is 0.